The van der Waals surface area contributed by atoms with Crippen LogP contribution in [0.2, 0.25) is 0 Å². The van der Waals surface area contributed by atoms with Gasteiger partial charge in [0.1, 0.15) is 0 Å². The van der Waals surface area contributed by atoms with Crippen molar-refractivity contribution in [1.29, 1.82) is 0 Å². The van der Waals surface area contributed by atoms with Crippen LogP contribution in [-0.2, 0) is 31.4 Å². The highest BCUT2D eigenvalue weighted by atomic mass is 32.2. The van der Waals surface area contributed by atoms with Gasteiger partial charge in [0.05, 0.1) is 17.9 Å². The molecule has 12 heteroatoms. The number of aromatic nitrogens is 1. The molecule has 0 bridgehead atoms. The van der Waals surface area contributed by atoms with E-state index in [1.807, 2.05) is 30.3 Å². The number of carbonyl (C=O) groups is 1. The summed E-state index contributed by atoms with van der Waals surface area (Å²) in [7, 11) is -7.27. The number of benzene rings is 1. The number of pyridine rings is 1. The van der Waals surface area contributed by atoms with Crippen LogP contribution in [0.1, 0.15) is 23.6 Å². The highest BCUT2D eigenvalue weighted by Gasteiger charge is 2.40. The zero-order chi connectivity index (χ0) is 25.2. The molecule has 4 rings (SSSR count). The SMILES string of the molecule is CS(=O)(=O)N1CCN(C(=O)[C@@H]2C[C@@H](c3ccccc3)CN(S(=O)(=O)c3cccc(CN)n3)C2)CC1. The summed E-state index contributed by atoms with van der Waals surface area (Å²) in [6.45, 7) is 1.44. The zero-order valence-corrected chi connectivity index (χ0v) is 21.3. The third kappa shape index (κ3) is 5.72. The van der Waals surface area contributed by atoms with E-state index in [0.29, 0.717) is 12.1 Å². The van der Waals surface area contributed by atoms with Crippen LogP contribution in [0, 0.1) is 5.92 Å². The molecule has 1 aromatic carbocycles. The lowest BCUT2D eigenvalue weighted by Gasteiger charge is -2.40. The monoisotopic (exact) mass is 521 g/mol. The van der Waals surface area contributed by atoms with Crippen LogP contribution < -0.4 is 5.73 Å². The molecule has 1 aromatic heterocycles. The number of rotatable bonds is 6. The number of nitrogens with two attached hydrogens (primary N) is 1. The quantitative estimate of drug-likeness (QED) is 0.583. The Labute approximate surface area is 206 Å². The Bertz CT molecular complexity index is 1260. The molecule has 0 saturated carbocycles. The summed E-state index contributed by atoms with van der Waals surface area (Å²) in [6, 6.07) is 14.3. The van der Waals surface area contributed by atoms with Crippen molar-refractivity contribution in [2.45, 2.75) is 23.9 Å². The van der Waals surface area contributed by atoms with E-state index < -0.39 is 26.0 Å². The van der Waals surface area contributed by atoms with Crippen LogP contribution >= 0.6 is 0 Å². The van der Waals surface area contributed by atoms with Crippen LogP contribution in [-0.4, -0.2) is 86.8 Å². The molecule has 2 fully saturated rings. The number of hydrogen-bond acceptors (Lipinski definition) is 7. The van der Waals surface area contributed by atoms with Gasteiger partial charge in [-0.2, -0.15) is 8.61 Å². The normalized spacial score (nSPS) is 22.7. The van der Waals surface area contributed by atoms with Crippen molar-refractivity contribution in [3.05, 3.63) is 59.8 Å². The van der Waals surface area contributed by atoms with Crippen molar-refractivity contribution in [2.75, 3.05) is 45.5 Å². The molecule has 3 heterocycles. The Balaban J connectivity index is 1.59. The van der Waals surface area contributed by atoms with Gasteiger partial charge in [0.2, 0.25) is 15.9 Å². The Hall–Kier alpha value is -2.38. The Morgan fingerprint density at radius 3 is 2.26 bits per heavy atom. The van der Waals surface area contributed by atoms with Crippen molar-refractivity contribution in [3.8, 4) is 0 Å². The number of piperazine rings is 1. The molecule has 2 N–H and O–H groups in total. The summed E-state index contributed by atoms with van der Waals surface area (Å²) in [5.74, 6) is -0.863. The molecule has 10 nitrogen and oxygen atoms in total. The molecule has 2 aliphatic heterocycles. The third-order valence-electron chi connectivity index (χ3n) is 6.65. The Morgan fingerprint density at radius 2 is 1.63 bits per heavy atom. The molecule has 1 amide bonds. The standard InChI is InChI=1S/C23H31N5O5S2/c1-34(30,31)27-12-10-26(11-13-27)23(29)20-14-19(18-6-3-2-4-7-18)16-28(17-20)35(32,33)22-9-5-8-21(15-24)25-22/h2-9,19-20H,10-17,24H2,1H3/t19-,20-/m1/s1. The fourth-order valence-electron chi connectivity index (χ4n) is 4.75. The summed E-state index contributed by atoms with van der Waals surface area (Å²) < 4.78 is 53.5. The molecule has 0 radical (unpaired) electrons. The lowest BCUT2D eigenvalue weighted by molar-refractivity contribution is -0.138. The average Bonchev–Trinajstić information content (AvgIpc) is 2.88. The largest absolute Gasteiger partial charge is 0.340 e. The van der Waals surface area contributed by atoms with E-state index >= 15 is 0 Å². The molecule has 35 heavy (non-hydrogen) atoms. The number of carbonyl (C=O) groups excluding carboxylic acids is 1. The van der Waals surface area contributed by atoms with Gasteiger partial charge in [-0.05, 0) is 30.0 Å². The van der Waals surface area contributed by atoms with Crippen LogP contribution in [0.15, 0.2) is 53.6 Å². The van der Waals surface area contributed by atoms with Crippen molar-refractivity contribution < 1.29 is 21.6 Å². The molecule has 2 saturated heterocycles. The Kier molecular flexibility index (Phi) is 7.57. The smallest absolute Gasteiger partial charge is 0.260 e. The van der Waals surface area contributed by atoms with Gasteiger partial charge in [0, 0.05) is 45.8 Å². The highest BCUT2D eigenvalue weighted by Crippen LogP contribution is 2.34. The summed E-state index contributed by atoms with van der Waals surface area (Å²) in [4.78, 5) is 19.4. The van der Waals surface area contributed by atoms with Crippen LogP contribution in [0.4, 0.5) is 0 Å². The minimum absolute atomic E-state index is 0.0469. The Morgan fingerprint density at radius 1 is 0.943 bits per heavy atom. The molecular formula is C23H31N5O5S2. The maximum absolute atomic E-state index is 13.6. The van der Waals surface area contributed by atoms with Gasteiger partial charge in [-0.1, -0.05) is 36.4 Å². The molecule has 2 aromatic rings. The average molecular weight is 522 g/mol. The van der Waals surface area contributed by atoms with E-state index in [-0.39, 0.29) is 62.7 Å². The number of nitrogens with zero attached hydrogens (tertiary/aromatic N) is 4. The van der Waals surface area contributed by atoms with Gasteiger partial charge < -0.3 is 10.6 Å². The second-order valence-corrected chi connectivity index (χ2v) is 12.9. The first kappa shape index (κ1) is 25.7. The van der Waals surface area contributed by atoms with Crippen molar-refractivity contribution in [1.82, 2.24) is 18.5 Å². The third-order valence-corrected chi connectivity index (χ3v) is 9.69. The van der Waals surface area contributed by atoms with Gasteiger partial charge >= 0.3 is 0 Å². The highest BCUT2D eigenvalue weighted by molar-refractivity contribution is 7.89. The van der Waals surface area contributed by atoms with Crippen LogP contribution in [0.5, 0.6) is 0 Å². The minimum atomic E-state index is -3.95. The second kappa shape index (κ2) is 10.3. The van der Waals surface area contributed by atoms with Crippen molar-refractivity contribution >= 4 is 26.0 Å². The van der Waals surface area contributed by atoms with Gasteiger partial charge in [0.15, 0.2) is 5.03 Å². The zero-order valence-electron chi connectivity index (χ0n) is 19.7. The van der Waals surface area contributed by atoms with E-state index in [9.17, 15) is 21.6 Å². The lowest BCUT2D eigenvalue weighted by atomic mass is 9.85. The summed E-state index contributed by atoms with van der Waals surface area (Å²) >= 11 is 0. The van der Waals surface area contributed by atoms with Crippen molar-refractivity contribution in [2.24, 2.45) is 11.7 Å². The molecule has 190 valence electrons. The van der Waals surface area contributed by atoms with E-state index in [4.69, 9.17) is 5.73 Å². The first-order valence-electron chi connectivity index (χ1n) is 11.5. The van der Waals surface area contributed by atoms with E-state index in [1.54, 1.807) is 17.0 Å². The topological polar surface area (TPSA) is 134 Å². The lowest BCUT2D eigenvalue weighted by Crippen LogP contribution is -2.54. The van der Waals surface area contributed by atoms with Gasteiger partial charge in [-0.15, -0.1) is 0 Å². The van der Waals surface area contributed by atoms with Crippen LogP contribution in [0.25, 0.3) is 0 Å². The summed E-state index contributed by atoms with van der Waals surface area (Å²) in [5.41, 5.74) is 7.10. The van der Waals surface area contributed by atoms with Gasteiger partial charge in [0.25, 0.3) is 10.0 Å². The van der Waals surface area contributed by atoms with Gasteiger partial charge in [-0.25, -0.2) is 21.8 Å². The summed E-state index contributed by atoms with van der Waals surface area (Å²) in [5, 5.41) is -0.0814. The van der Waals surface area contributed by atoms with Gasteiger partial charge in [-0.3, -0.25) is 4.79 Å². The van der Waals surface area contributed by atoms with E-state index in [2.05, 4.69) is 4.98 Å². The molecule has 2 aliphatic rings. The number of hydrogen-bond donors (Lipinski definition) is 1. The molecular weight excluding hydrogens is 490 g/mol. The van der Waals surface area contributed by atoms with Crippen LogP contribution in [0.3, 0.4) is 0 Å². The molecule has 2 atom stereocenters. The second-order valence-electron chi connectivity index (χ2n) is 9.02. The molecule has 0 spiro atoms. The predicted octanol–water partition coefficient (Wildman–Crippen LogP) is 0.439. The maximum atomic E-state index is 13.6. The fourth-order valence-corrected chi connectivity index (χ4v) is 7.07. The number of sulfonamides is 2. The summed E-state index contributed by atoms with van der Waals surface area (Å²) in [6.07, 6.45) is 1.67. The first-order chi connectivity index (χ1) is 16.6. The maximum Gasteiger partial charge on any atom is 0.260 e. The number of amides is 1. The first-order valence-corrected chi connectivity index (χ1v) is 14.8. The van der Waals surface area contributed by atoms with Crippen molar-refractivity contribution in [3.63, 3.8) is 0 Å². The minimum Gasteiger partial charge on any atom is -0.340 e. The number of piperidine rings is 1. The van der Waals surface area contributed by atoms with E-state index in [0.717, 1.165) is 11.8 Å². The van der Waals surface area contributed by atoms with E-state index in [1.165, 1.54) is 14.7 Å². The fraction of sp³-hybridized carbons (Fsp3) is 0.478. The molecule has 0 aliphatic carbocycles. The molecule has 0 unspecified atom stereocenters. The predicted molar refractivity (Wildman–Crippen MR) is 131 cm³/mol.